The molecular weight excluding hydrogens is 245 g/mol. The van der Waals surface area contributed by atoms with Gasteiger partial charge in [-0.1, -0.05) is 23.2 Å². The number of rotatable bonds is 3. The lowest BCUT2D eigenvalue weighted by Gasteiger charge is -2.08. The van der Waals surface area contributed by atoms with Gasteiger partial charge in [0.1, 0.15) is 5.82 Å². The minimum Gasteiger partial charge on any atom is -0.317 e. The van der Waals surface area contributed by atoms with Crippen molar-refractivity contribution < 1.29 is 0 Å². The zero-order valence-corrected chi connectivity index (χ0v) is 10.7. The summed E-state index contributed by atoms with van der Waals surface area (Å²) in [4.78, 5) is 4.35. The fourth-order valence-electron chi connectivity index (χ4n) is 1.60. The van der Waals surface area contributed by atoms with E-state index < -0.39 is 0 Å². The Hall–Kier alpha value is -0.770. The molecule has 1 N–H and O–H groups in total. The van der Waals surface area contributed by atoms with E-state index in [0.717, 1.165) is 17.8 Å². The molecule has 1 atom stereocenters. The summed E-state index contributed by atoms with van der Waals surface area (Å²) in [5, 5.41) is 4.35. The SMILES string of the molecule is CNC(C)Cc1nc(Cl)c2cc(Cl)ccn12. The van der Waals surface area contributed by atoms with Crippen molar-refractivity contribution in [2.75, 3.05) is 7.05 Å². The first-order valence-corrected chi connectivity index (χ1v) is 5.86. The van der Waals surface area contributed by atoms with Crippen molar-refractivity contribution in [2.45, 2.75) is 19.4 Å². The Morgan fingerprint density at radius 1 is 1.50 bits per heavy atom. The van der Waals surface area contributed by atoms with Crippen LogP contribution in [0, 0.1) is 0 Å². The van der Waals surface area contributed by atoms with Crippen molar-refractivity contribution in [1.82, 2.24) is 14.7 Å². The van der Waals surface area contributed by atoms with Gasteiger partial charge >= 0.3 is 0 Å². The summed E-state index contributed by atoms with van der Waals surface area (Å²) >= 11 is 12.0. The summed E-state index contributed by atoms with van der Waals surface area (Å²) in [5.41, 5.74) is 0.854. The van der Waals surface area contributed by atoms with Gasteiger partial charge in [-0.25, -0.2) is 4.98 Å². The van der Waals surface area contributed by atoms with E-state index in [1.807, 2.05) is 29.8 Å². The Morgan fingerprint density at radius 3 is 2.94 bits per heavy atom. The molecular formula is C11H13Cl2N3. The molecule has 0 radical (unpaired) electrons. The first-order chi connectivity index (χ1) is 7.61. The minimum atomic E-state index is 0.359. The maximum Gasteiger partial charge on any atom is 0.155 e. The molecule has 0 aliphatic carbocycles. The van der Waals surface area contributed by atoms with Crippen molar-refractivity contribution in [3.63, 3.8) is 0 Å². The molecule has 0 saturated carbocycles. The average Bonchev–Trinajstić information content (AvgIpc) is 2.55. The Balaban J connectivity index is 2.47. The number of halogens is 2. The molecule has 2 rings (SSSR count). The van der Waals surface area contributed by atoms with Gasteiger partial charge in [-0.3, -0.25) is 0 Å². The molecule has 16 heavy (non-hydrogen) atoms. The first kappa shape index (κ1) is 11.7. The number of hydrogen-bond donors (Lipinski definition) is 1. The van der Waals surface area contributed by atoms with Crippen molar-refractivity contribution in [1.29, 1.82) is 0 Å². The van der Waals surface area contributed by atoms with Crippen molar-refractivity contribution in [3.05, 3.63) is 34.3 Å². The van der Waals surface area contributed by atoms with Gasteiger partial charge in [0.05, 0.1) is 5.52 Å². The molecule has 0 aromatic carbocycles. The number of nitrogens with one attached hydrogen (secondary N) is 1. The van der Waals surface area contributed by atoms with E-state index in [0.29, 0.717) is 16.2 Å². The molecule has 0 aliphatic rings. The highest BCUT2D eigenvalue weighted by Gasteiger charge is 2.11. The minimum absolute atomic E-state index is 0.359. The highest BCUT2D eigenvalue weighted by molar-refractivity contribution is 6.34. The van der Waals surface area contributed by atoms with E-state index in [9.17, 15) is 0 Å². The molecule has 0 bridgehead atoms. The molecule has 0 saturated heterocycles. The first-order valence-electron chi connectivity index (χ1n) is 5.11. The van der Waals surface area contributed by atoms with Crippen LogP contribution in [-0.2, 0) is 6.42 Å². The van der Waals surface area contributed by atoms with Crippen LogP contribution in [0.3, 0.4) is 0 Å². The fraction of sp³-hybridized carbons (Fsp3) is 0.364. The van der Waals surface area contributed by atoms with Gasteiger partial charge < -0.3 is 9.72 Å². The van der Waals surface area contributed by atoms with Crippen LogP contribution < -0.4 is 5.32 Å². The maximum atomic E-state index is 6.07. The van der Waals surface area contributed by atoms with Gasteiger partial charge in [0.15, 0.2) is 5.15 Å². The lowest BCUT2D eigenvalue weighted by molar-refractivity contribution is 0.590. The quantitative estimate of drug-likeness (QED) is 0.917. The van der Waals surface area contributed by atoms with Gasteiger partial charge in [-0.2, -0.15) is 0 Å². The third kappa shape index (κ3) is 2.17. The maximum absolute atomic E-state index is 6.07. The number of imidazole rings is 1. The van der Waals surface area contributed by atoms with Crippen molar-refractivity contribution in [3.8, 4) is 0 Å². The predicted molar refractivity (Wildman–Crippen MR) is 67.4 cm³/mol. The zero-order valence-electron chi connectivity index (χ0n) is 9.17. The second-order valence-electron chi connectivity index (χ2n) is 3.81. The highest BCUT2D eigenvalue weighted by Crippen LogP contribution is 2.22. The second-order valence-corrected chi connectivity index (χ2v) is 4.61. The normalized spacial score (nSPS) is 13.2. The molecule has 2 aromatic heterocycles. The number of likely N-dealkylation sites (N-methyl/N-ethyl adjacent to an activating group) is 1. The number of aromatic nitrogens is 2. The molecule has 0 fully saturated rings. The van der Waals surface area contributed by atoms with Crippen LogP contribution >= 0.6 is 23.2 Å². The van der Waals surface area contributed by atoms with Gasteiger partial charge in [0, 0.05) is 23.7 Å². The zero-order chi connectivity index (χ0) is 11.7. The van der Waals surface area contributed by atoms with E-state index in [1.165, 1.54) is 0 Å². The van der Waals surface area contributed by atoms with E-state index >= 15 is 0 Å². The lowest BCUT2D eigenvalue weighted by Crippen LogP contribution is -2.24. The molecule has 0 spiro atoms. The number of fused-ring (bicyclic) bond motifs is 1. The molecule has 0 amide bonds. The smallest absolute Gasteiger partial charge is 0.155 e. The van der Waals surface area contributed by atoms with Crippen molar-refractivity contribution >= 4 is 28.7 Å². The van der Waals surface area contributed by atoms with E-state index in [2.05, 4.69) is 17.2 Å². The molecule has 2 aromatic rings. The number of nitrogens with zero attached hydrogens (tertiary/aromatic N) is 2. The van der Waals surface area contributed by atoms with Crippen LogP contribution in [0.2, 0.25) is 10.2 Å². The molecule has 5 heteroatoms. The van der Waals surface area contributed by atoms with Crippen LogP contribution in [0.4, 0.5) is 0 Å². The van der Waals surface area contributed by atoms with E-state index in [4.69, 9.17) is 23.2 Å². The summed E-state index contributed by atoms with van der Waals surface area (Å²) in [6.45, 7) is 2.10. The standard InChI is InChI=1S/C11H13Cl2N3/c1-7(14-2)5-10-15-11(13)9-6-8(12)3-4-16(9)10/h3-4,6-7,14H,5H2,1-2H3. The van der Waals surface area contributed by atoms with Gasteiger partial charge in [0.25, 0.3) is 0 Å². The van der Waals surface area contributed by atoms with Gasteiger partial charge in [-0.15, -0.1) is 0 Å². The molecule has 1 unspecified atom stereocenters. The topological polar surface area (TPSA) is 29.3 Å². The molecule has 2 heterocycles. The summed E-state index contributed by atoms with van der Waals surface area (Å²) in [5.74, 6) is 0.943. The molecule has 3 nitrogen and oxygen atoms in total. The Labute approximate surface area is 104 Å². The fourth-order valence-corrected chi connectivity index (χ4v) is 2.01. The molecule has 86 valence electrons. The van der Waals surface area contributed by atoms with Gasteiger partial charge in [0.2, 0.25) is 0 Å². The molecule has 0 aliphatic heterocycles. The van der Waals surface area contributed by atoms with E-state index in [1.54, 1.807) is 0 Å². The van der Waals surface area contributed by atoms with Gasteiger partial charge in [-0.05, 0) is 26.1 Å². The third-order valence-corrected chi connectivity index (χ3v) is 3.13. The number of pyridine rings is 1. The van der Waals surface area contributed by atoms with Crippen LogP contribution in [0.15, 0.2) is 18.3 Å². The highest BCUT2D eigenvalue weighted by atomic mass is 35.5. The Morgan fingerprint density at radius 2 is 2.25 bits per heavy atom. The summed E-state index contributed by atoms with van der Waals surface area (Å²) in [6.07, 6.45) is 2.72. The predicted octanol–water partition coefficient (Wildman–Crippen LogP) is 2.79. The Bertz CT molecular complexity index is 507. The van der Waals surface area contributed by atoms with Crippen LogP contribution in [-0.4, -0.2) is 22.5 Å². The summed E-state index contributed by atoms with van der Waals surface area (Å²) < 4.78 is 1.97. The average molecular weight is 258 g/mol. The van der Waals surface area contributed by atoms with Crippen LogP contribution in [0.5, 0.6) is 0 Å². The summed E-state index contributed by atoms with van der Waals surface area (Å²) in [6, 6.07) is 4.02. The summed E-state index contributed by atoms with van der Waals surface area (Å²) in [7, 11) is 1.93. The third-order valence-electron chi connectivity index (χ3n) is 2.62. The second kappa shape index (κ2) is 4.62. The lowest BCUT2D eigenvalue weighted by atomic mass is 10.2. The Kier molecular flexibility index (Phi) is 3.38. The monoisotopic (exact) mass is 257 g/mol. The number of hydrogen-bond acceptors (Lipinski definition) is 2. The van der Waals surface area contributed by atoms with Crippen molar-refractivity contribution in [2.24, 2.45) is 0 Å². The van der Waals surface area contributed by atoms with Crippen LogP contribution in [0.25, 0.3) is 5.52 Å². The van der Waals surface area contributed by atoms with Crippen LogP contribution in [0.1, 0.15) is 12.7 Å². The van der Waals surface area contributed by atoms with E-state index in [-0.39, 0.29) is 0 Å². The largest absolute Gasteiger partial charge is 0.317 e.